The van der Waals surface area contributed by atoms with Crippen LogP contribution in [-0.4, -0.2) is 73.9 Å². The number of benzene rings is 3. The minimum Gasteiger partial charge on any atom is -0.463 e. The average molecular weight is 619 g/mol. The lowest BCUT2D eigenvalue weighted by Crippen LogP contribution is -2.34. The lowest BCUT2D eigenvalue weighted by Gasteiger charge is -2.27. The van der Waals surface area contributed by atoms with E-state index in [1.807, 2.05) is 96.4 Å². The van der Waals surface area contributed by atoms with Crippen molar-refractivity contribution in [3.8, 4) is 0 Å². The fraction of sp³-hybridized carbons (Fsp3) is 0.441. The topological polar surface area (TPSA) is 143 Å². The zero-order valence-corrected chi connectivity index (χ0v) is 26.5. The van der Waals surface area contributed by atoms with Gasteiger partial charge in [-0.1, -0.05) is 20.3 Å². The molecule has 3 rings (SSSR count). The second-order valence-corrected chi connectivity index (χ2v) is 10.9. The zero-order valence-electron chi connectivity index (χ0n) is 26.5. The summed E-state index contributed by atoms with van der Waals surface area (Å²) in [5.41, 5.74) is 4.02. The number of hydrogen-bond donors (Lipinski definition) is 3. The van der Waals surface area contributed by atoms with E-state index in [0.717, 1.165) is 30.6 Å². The third kappa shape index (κ3) is 11.0. The van der Waals surface area contributed by atoms with E-state index in [-0.39, 0.29) is 32.4 Å². The summed E-state index contributed by atoms with van der Waals surface area (Å²) in [5, 5.41) is 45.3. The number of azo groups is 2. The molecular formula is C34H46N6O5. The molecule has 0 aromatic heterocycles. The van der Waals surface area contributed by atoms with Gasteiger partial charge in [-0.15, -0.1) is 0 Å². The highest BCUT2D eigenvalue weighted by Crippen LogP contribution is 2.29. The molecule has 45 heavy (non-hydrogen) atoms. The Morgan fingerprint density at radius 1 is 0.644 bits per heavy atom. The molecule has 1 atom stereocenters. The molecular weight excluding hydrogens is 572 g/mol. The second kappa shape index (κ2) is 18.6. The third-order valence-electron chi connectivity index (χ3n) is 7.62. The molecule has 242 valence electrons. The van der Waals surface area contributed by atoms with Gasteiger partial charge in [0.05, 0.1) is 54.5 Å². The lowest BCUT2D eigenvalue weighted by atomic mass is 9.83. The Kier molecular flexibility index (Phi) is 14.6. The number of esters is 1. The molecule has 0 aliphatic carbocycles. The molecule has 0 amide bonds. The summed E-state index contributed by atoms with van der Waals surface area (Å²) in [6.07, 6.45) is 2.46. The molecule has 0 bridgehead atoms. The highest BCUT2D eigenvalue weighted by Gasteiger charge is 2.31. The van der Waals surface area contributed by atoms with Crippen LogP contribution in [0.4, 0.5) is 34.1 Å². The van der Waals surface area contributed by atoms with Crippen molar-refractivity contribution in [3.05, 3.63) is 72.8 Å². The van der Waals surface area contributed by atoms with E-state index in [4.69, 9.17) is 4.74 Å². The van der Waals surface area contributed by atoms with E-state index in [1.54, 1.807) is 0 Å². The van der Waals surface area contributed by atoms with E-state index < -0.39 is 5.41 Å². The fourth-order valence-electron chi connectivity index (χ4n) is 4.78. The van der Waals surface area contributed by atoms with Crippen LogP contribution in [0.15, 0.2) is 93.3 Å². The Morgan fingerprint density at radius 3 is 1.33 bits per heavy atom. The lowest BCUT2D eigenvalue weighted by molar-refractivity contribution is -0.155. The van der Waals surface area contributed by atoms with Crippen LogP contribution in [0.1, 0.15) is 40.0 Å². The number of carbonyl (C=O) groups excluding carboxylic acids is 1. The van der Waals surface area contributed by atoms with Gasteiger partial charge in [0.25, 0.3) is 0 Å². The fourth-order valence-corrected chi connectivity index (χ4v) is 4.78. The summed E-state index contributed by atoms with van der Waals surface area (Å²) in [7, 11) is 0. The van der Waals surface area contributed by atoms with E-state index >= 15 is 0 Å². The Balaban J connectivity index is 1.54. The van der Waals surface area contributed by atoms with Crippen LogP contribution in [0.5, 0.6) is 0 Å². The molecule has 0 heterocycles. The van der Waals surface area contributed by atoms with Crippen LogP contribution >= 0.6 is 0 Å². The van der Waals surface area contributed by atoms with E-state index in [9.17, 15) is 20.1 Å². The number of aliphatic hydroxyl groups excluding tert-OH is 3. The van der Waals surface area contributed by atoms with Crippen molar-refractivity contribution < 1.29 is 24.9 Å². The molecule has 11 heteroatoms. The Bertz CT molecular complexity index is 1340. The summed E-state index contributed by atoms with van der Waals surface area (Å²) in [4.78, 5) is 16.5. The van der Waals surface area contributed by atoms with Crippen LogP contribution in [-0.2, 0) is 9.53 Å². The minimum absolute atomic E-state index is 0.00676. The summed E-state index contributed by atoms with van der Waals surface area (Å²) >= 11 is 0. The van der Waals surface area contributed by atoms with E-state index in [2.05, 4.69) is 27.4 Å². The summed E-state index contributed by atoms with van der Waals surface area (Å²) in [6.45, 7) is 8.05. The van der Waals surface area contributed by atoms with Crippen molar-refractivity contribution in [1.29, 1.82) is 0 Å². The maximum absolute atomic E-state index is 12.6. The van der Waals surface area contributed by atoms with Gasteiger partial charge in [0.15, 0.2) is 0 Å². The zero-order chi connectivity index (χ0) is 32.5. The van der Waals surface area contributed by atoms with E-state index in [0.29, 0.717) is 48.9 Å². The van der Waals surface area contributed by atoms with Gasteiger partial charge in [0, 0.05) is 31.0 Å². The minimum atomic E-state index is -0.465. The first-order valence-corrected chi connectivity index (χ1v) is 15.5. The summed E-state index contributed by atoms with van der Waals surface area (Å²) < 4.78 is 5.61. The maximum Gasteiger partial charge on any atom is 0.311 e. The van der Waals surface area contributed by atoms with Gasteiger partial charge in [0.2, 0.25) is 0 Å². The Morgan fingerprint density at radius 2 is 1.00 bits per heavy atom. The first-order valence-electron chi connectivity index (χ1n) is 15.5. The molecule has 0 radical (unpaired) electrons. The van der Waals surface area contributed by atoms with Gasteiger partial charge < -0.3 is 29.9 Å². The first-order chi connectivity index (χ1) is 21.8. The Hall–Kier alpha value is -4.19. The summed E-state index contributed by atoms with van der Waals surface area (Å²) in [6, 6.07) is 22.2. The molecule has 3 N–H and O–H groups in total. The standard InChI is InChI=1S/C34H46N6O5/c1-4-18-34(3,5-2)33(44)45-26-22-40(21-25-43)32-16-12-30(13-17-32)38-36-28-8-6-27(7-9-28)35-37-29-10-14-31(15-11-29)39(19-23-41)20-24-42/h6-17,41-43H,4-5,18-26H2,1-3H3/b37-35+,38-36+. The number of rotatable bonds is 19. The van der Waals surface area contributed by atoms with Crippen molar-refractivity contribution in [2.75, 3.05) is 62.4 Å². The second-order valence-electron chi connectivity index (χ2n) is 10.9. The Labute approximate surface area is 265 Å². The summed E-state index contributed by atoms with van der Waals surface area (Å²) in [5.74, 6) is -0.171. The molecule has 0 aliphatic rings. The largest absolute Gasteiger partial charge is 0.463 e. The van der Waals surface area contributed by atoms with Gasteiger partial charge in [-0.2, -0.15) is 20.5 Å². The molecule has 0 fully saturated rings. The molecule has 0 saturated carbocycles. The molecule has 11 nitrogen and oxygen atoms in total. The SMILES string of the molecule is CCCC(C)(CC)C(=O)OCCN(CCO)c1ccc(/N=N/c2ccc(/N=N/c3ccc(N(CCO)CCO)cc3)cc2)cc1. The number of anilines is 2. The predicted molar refractivity (Wildman–Crippen MR) is 178 cm³/mol. The molecule has 3 aromatic rings. The molecule has 0 saturated heterocycles. The van der Waals surface area contributed by atoms with Gasteiger partial charge >= 0.3 is 5.97 Å². The van der Waals surface area contributed by atoms with Crippen LogP contribution in [0.25, 0.3) is 0 Å². The van der Waals surface area contributed by atoms with Crippen molar-refractivity contribution in [2.45, 2.75) is 40.0 Å². The van der Waals surface area contributed by atoms with Crippen molar-refractivity contribution in [1.82, 2.24) is 0 Å². The maximum atomic E-state index is 12.6. The quantitative estimate of drug-likeness (QED) is 0.0983. The highest BCUT2D eigenvalue weighted by atomic mass is 16.5. The van der Waals surface area contributed by atoms with Crippen LogP contribution in [0, 0.1) is 5.41 Å². The van der Waals surface area contributed by atoms with Gasteiger partial charge in [-0.25, -0.2) is 0 Å². The van der Waals surface area contributed by atoms with Gasteiger partial charge in [-0.05, 0) is 92.6 Å². The monoisotopic (exact) mass is 618 g/mol. The number of nitrogens with zero attached hydrogens (tertiary/aromatic N) is 6. The van der Waals surface area contributed by atoms with Crippen LogP contribution in [0.2, 0.25) is 0 Å². The normalized spacial score (nSPS) is 12.8. The smallest absolute Gasteiger partial charge is 0.311 e. The molecule has 1 unspecified atom stereocenters. The van der Waals surface area contributed by atoms with Crippen molar-refractivity contribution in [3.63, 3.8) is 0 Å². The molecule has 0 spiro atoms. The van der Waals surface area contributed by atoms with E-state index in [1.165, 1.54) is 0 Å². The number of aliphatic hydroxyl groups is 3. The van der Waals surface area contributed by atoms with Crippen molar-refractivity contribution >= 4 is 40.1 Å². The van der Waals surface area contributed by atoms with Gasteiger partial charge in [0.1, 0.15) is 6.61 Å². The van der Waals surface area contributed by atoms with Crippen LogP contribution < -0.4 is 9.80 Å². The average Bonchev–Trinajstić information content (AvgIpc) is 3.07. The first kappa shape index (κ1) is 35.3. The number of carbonyl (C=O) groups is 1. The number of ether oxygens (including phenoxy) is 1. The van der Waals surface area contributed by atoms with Gasteiger partial charge in [-0.3, -0.25) is 4.79 Å². The van der Waals surface area contributed by atoms with Crippen molar-refractivity contribution in [2.24, 2.45) is 25.9 Å². The predicted octanol–water partition coefficient (Wildman–Crippen LogP) is 6.87. The molecule has 3 aromatic carbocycles. The third-order valence-corrected chi connectivity index (χ3v) is 7.62. The van der Waals surface area contributed by atoms with Crippen LogP contribution in [0.3, 0.4) is 0 Å². The highest BCUT2D eigenvalue weighted by molar-refractivity contribution is 5.76. The number of hydrogen-bond acceptors (Lipinski definition) is 11. The molecule has 0 aliphatic heterocycles.